The highest BCUT2D eigenvalue weighted by Crippen LogP contribution is 2.14. The zero-order valence-electron chi connectivity index (χ0n) is 12.0. The molecule has 1 aliphatic rings. The van der Waals surface area contributed by atoms with Crippen molar-refractivity contribution in [2.45, 2.75) is 25.7 Å². The van der Waals surface area contributed by atoms with Crippen LogP contribution in [0, 0.1) is 0 Å². The molecule has 0 aliphatic carbocycles. The molecule has 1 heterocycles. The van der Waals surface area contributed by atoms with Gasteiger partial charge in [0.05, 0.1) is 13.2 Å². The van der Waals surface area contributed by atoms with Crippen molar-refractivity contribution < 1.29 is 9.90 Å². The standard InChI is InChI=1S/C16H24N2O2/c19-13-12-18(15-8-4-3-5-9-15)14-16(20)17-10-6-1-2-7-11-17/h3-5,8-9,19H,1-2,6-7,10-14H2. The molecular formula is C16H24N2O2. The normalized spacial score (nSPS) is 15.8. The Morgan fingerprint density at radius 1 is 1.10 bits per heavy atom. The van der Waals surface area contributed by atoms with Crippen molar-refractivity contribution in [3.8, 4) is 0 Å². The number of aliphatic hydroxyl groups excluding tert-OH is 1. The van der Waals surface area contributed by atoms with Crippen LogP contribution in [0.3, 0.4) is 0 Å². The first kappa shape index (κ1) is 14.9. The Morgan fingerprint density at radius 3 is 2.35 bits per heavy atom. The summed E-state index contributed by atoms with van der Waals surface area (Å²) in [7, 11) is 0. The minimum absolute atomic E-state index is 0.0577. The average molecular weight is 276 g/mol. The number of benzene rings is 1. The SMILES string of the molecule is O=C(CN(CCO)c1ccccc1)N1CCCCCC1. The van der Waals surface area contributed by atoms with Crippen LogP contribution in [0.4, 0.5) is 5.69 Å². The van der Waals surface area contributed by atoms with Crippen LogP contribution in [-0.4, -0.2) is 48.7 Å². The van der Waals surface area contributed by atoms with Crippen LogP contribution >= 0.6 is 0 Å². The number of aliphatic hydroxyl groups is 1. The predicted octanol–water partition coefficient (Wildman–Crippen LogP) is 1.89. The van der Waals surface area contributed by atoms with E-state index >= 15 is 0 Å². The van der Waals surface area contributed by atoms with Gasteiger partial charge in [-0.25, -0.2) is 0 Å². The molecule has 0 unspecified atom stereocenters. The second kappa shape index (κ2) is 7.90. The summed E-state index contributed by atoms with van der Waals surface area (Å²) in [6.07, 6.45) is 4.67. The number of nitrogens with zero attached hydrogens (tertiary/aromatic N) is 2. The predicted molar refractivity (Wildman–Crippen MR) is 80.8 cm³/mol. The largest absolute Gasteiger partial charge is 0.395 e. The Hall–Kier alpha value is -1.55. The van der Waals surface area contributed by atoms with Crippen molar-refractivity contribution in [2.24, 2.45) is 0 Å². The van der Waals surface area contributed by atoms with Crippen molar-refractivity contribution in [3.05, 3.63) is 30.3 Å². The van der Waals surface area contributed by atoms with Gasteiger partial charge in [-0.15, -0.1) is 0 Å². The third kappa shape index (κ3) is 4.23. The molecule has 1 fully saturated rings. The molecule has 4 heteroatoms. The summed E-state index contributed by atoms with van der Waals surface area (Å²) in [5, 5.41) is 9.20. The first-order valence-electron chi connectivity index (χ1n) is 7.50. The summed E-state index contributed by atoms with van der Waals surface area (Å²) >= 11 is 0. The molecule has 1 amide bonds. The van der Waals surface area contributed by atoms with E-state index < -0.39 is 0 Å². The molecule has 0 bridgehead atoms. The maximum absolute atomic E-state index is 12.4. The number of hydrogen-bond acceptors (Lipinski definition) is 3. The van der Waals surface area contributed by atoms with Crippen LogP contribution in [0.15, 0.2) is 30.3 Å². The number of hydrogen-bond donors (Lipinski definition) is 1. The molecule has 20 heavy (non-hydrogen) atoms. The van der Waals surface area contributed by atoms with Gasteiger partial charge >= 0.3 is 0 Å². The van der Waals surface area contributed by atoms with E-state index in [1.54, 1.807) is 0 Å². The third-order valence-corrected chi connectivity index (χ3v) is 3.78. The fourth-order valence-electron chi connectivity index (χ4n) is 2.64. The number of para-hydroxylation sites is 1. The maximum Gasteiger partial charge on any atom is 0.242 e. The average Bonchev–Trinajstić information content (AvgIpc) is 2.77. The van der Waals surface area contributed by atoms with E-state index in [0.717, 1.165) is 31.6 Å². The van der Waals surface area contributed by atoms with Gasteiger partial charge < -0.3 is 14.9 Å². The number of carbonyl (C=O) groups is 1. The number of rotatable bonds is 5. The van der Waals surface area contributed by atoms with E-state index in [-0.39, 0.29) is 12.5 Å². The highest BCUT2D eigenvalue weighted by molar-refractivity contribution is 5.81. The number of amides is 1. The van der Waals surface area contributed by atoms with Gasteiger partial charge in [0.1, 0.15) is 0 Å². The van der Waals surface area contributed by atoms with Crippen molar-refractivity contribution in [3.63, 3.8) is 0 Å². The van der Waals surface area contributed by atoms with Gasteiger partial charge in [0.25, 0.3) is 0 Å². The lowest BCUT2D eigenvalue weighted by Gasteiger charge is -2.27. The van der Waals surface area contributed by atoms with Crippen LogP contribution in [0.1, 0.15) is 25.7 Å². The molecule has 4 nitrogen and oxygen atoms in total. The van der Waals surface area contributed by atoms with Gasteiger partial charge in [0.15, 0.2) is 0 Å². The van der Waals surface area contributed by atoms with E-state index in [0.29, 0.717) is 13.1 Å². The van der Waals surface area contributed by atoms with Crippen LogP contribution in [0.25, 0.3) is 0 Å². The van der Waals surface area contributed by atoms with Gasteiger partial charge in [0.2, 0.25) is 5.91 Å². The molecular weight excluding hydrogens is 252 g/mol. The van der Waals surface area contributed by atoms with Crippen molar-refractivity contribution in [2.75, 3.05) is 37.7 Å². The molecule has 1 saturated heterocycles. The molecule has 0 atom stereocenters. The molecule has 1 aliphatic heterocycles. The highest BCUT2D eigenvalue weighted by atomic mass is 16.3. The minimum atomic E-state index is 0.0577. The smallest absolute Gasteiger partial charge is 0.242 e. The molecule has 1 aromatic carbocycles. The van der Waals surface area contributed by atoms with Gasteiger partial charge in [-0.1, -0.05) is 31.0 Å². The topological polar surface area (TPSA) is 43.8 Å². The Morgan fingerprint density at radius 2 is 1.75 bits per heavy atom. The lowest BCUT2D eigenvalue weighted by molar-refractivity contribution is -0.129. The summed E-state index contributed by atoms with van der Waals surface area (Å²) in [5.41, 5.74) is 0.990. The monoisotopic (exact) mass is 276 g/mol. The van der Waals surface area contributed by atoms with E-state index in [4.69, 9.17) is 0 Å². The second-order valence-electron chi connectivity index (χ2n) is 5.28. The Labute approximate surface area is 121 Å². The van der Waals surface area contributed by atoms with Crippen LogP contribution < -0.4 is 4.90 Å². The molecule has 0 aromatic heterocycles. The van der Waals surface area contributed by atoms with Gasteiger partial charge in [-0.3, -0.25) is 4.79 Å². The molecule has 1 N–H and O–H groups in total. The fraction of sp³-hybridized carbons (Fsp3) is 0.562. The van der Waals surface area contributed by atoms with Crippen molar-refractivity contribution in [1.82, 2.24) is 4.90 Å². The number of carbonyl (C=O) groups excluding carboxylic acids is 1. The van der Waals surface area contributed by atoms with Gasteiger partial charge in [-0.05, 0) is 25.0 Å². The van der Waals surface area contributed by atoms with E-state index in [1.807, 2.05) is 40.1 Å². The highest BCUT2D eigenvalue weighted by Gasteiger charge is 2.18. The second-order valence-corrected chi connectivity index (χ2v) is 5.28. The first-order chi connectivity index (χ1) is 9.81. The van der Waals surface area contributed by atoms with Crippen molar-refractivity contribution in [1.29, 1.82) is 0 Å². The van der Waals surface area contributed by atoms with Crippen molar-refractivity contribution >= 4 is 11.6 Å². The molecule has 110 valence electrons. The molecule has 1 aromatic rings. The number of anilines is 1. The Kier molecular flexibility index (Phi) is 5.87. The minimum Gasteiger partial charge on any atom is -0.395 e. The maximum atomic E-state index is 12.4. The fourth-order valence-corrected chi connectivity index (χ4v) is 2.64. The summed E-state index contributed by atoms with van der Waals surface area (Å²) in [5.74, 6) is 0.171. The van der Waals surface area contributed by atoms with E-state index in [2.05, 4.69) is 0 Å². The third-order valence-electron chi connectivity index (χ3n) is 3.78. The summed E-state index contributed by atoms with van der Waals surface area (Å²) < 4.78 is 0. The van der Waals surface area contributed by atoms with Crippen LogP contribution in [0.5, 0.6) is 0 Å². The first-order valence-corrected chi connectivity index (χ1v) is 7.50. The Bertz CT molecular complexity index is 400. The summed E-state index contributed by atoms with van der Waals surface area (Å²) in [4.78, 5) is 16.3. The Balaban J connectivity index is 1.98. The van der Waals surface area contributed by atoms with E-state index in [9.17, 15) is 9.90 Å². The molecule has 0 spiro atoms. The van der Waals surface area contributed by atoms with Gasteiger partial charge in [0, 0.05) is 25.3 Å². The van der Waals surface area contributed by atoms with E-state index in [1.165, 1.54) is 12.8 Å². The lowest BCUT2D eigenvalue weighted by atomic mass is 10.2. The summed E-state index contributed by atoms with van der Waals surface area (Å²) in [6, 6.07) is 9.82. The number of likely N-dealkylation sites (tertiary alicyclic amines) is 1. The molecule has 0 saturated carbocycles. The zero-order chi connectivity index (χ0) is 14.2. The summed E-state index contributed by atoms with van der Waals surface area (Å²) in [6.45, 7) is 2.65. The molecule has 2 rings (SSSR count). The van der Waals surface area contributed by atoms with Crippen LogP contribution in [-0.2, 0) is 4.79 Å². The molecule has 0 radical (unpaired) electrons. The van der Waals surface area contributed by atoms with Crippen LogP contribution in [0.2, 0.25) is 0 Å². The zero-order valence-corrected chi connectivity index (χ0v) is 12.0. The lowest BCUT2D eigenvalue weighted by Crippen LogP contribution is -2.41. The van der Waals surface area contributed by atoms with Gasteiger partial charge in [-0.2, -0.15) is 0 Å². The quantitative estimate of drug-likeness (QED) is 0.893.